The highest BCUT2D eigenvalue weighted by Gasteiger charge is 2.35. The number of carbonyl (C=O) groups is 1. The van der Waals surface area contributed by atoms with Gasteiger partial charge in [0.15, 0.2) is 0 Å². The van der Waals surface area contributed by atoms with Crippen LogP contribution >= 0.6 is 11.8 Å². The maximum Gasteiger partial charge on any atom is 0.417 e. The fraction of sp³-hybridized carbons (Fsp3) is 0.250. The van der Waals surface area contributed by atoms with Crippen LogP contribution < -0.4 is 0 Å². The number of halogens is 3. The molecular weight excluding hydrogens is 265 g/mol. The minimum atomic E-state index is -4.60. The van der Waals surface area contributed by atoms with Gasteiger partial charge in [-0.15, -0.1) is 11.8 Å². The SMILES string of the molecule is COC(=O)/C=C(\c1ccc(SC)cc1)C(F)(F)F. The van der Waals surface area contributed by atoms with Crippen LogP contribution in [-0.2, 0) is 9.53 Å². The van der Waals surface area contributed by atoms with Gasteiger partial charge in [0, 0.05) is 11.0 Å². The van der Waals surface area contributed by atoms with E-state index in [0.29, 0.717) is 6.08 Å². The Labute approximate surface area is 107 Å². The molecule has 0 heterocycles. The summed E-state index contributed by atoms with van der Waals surface area (Å²) in [5.41, 5.74) is -1.08. The number of hydrogen-bond acceptors (Lipinski definition) is 3. The number of thioether (sulfide) groups is 1. The first kappa shape index (κ1) is 14.6. The predicted molar refractivity (Wildman–Crippen MR) is 64.3 cm³/mol. The van der Waals surface area contributed by atoms with Crippen molar-refractivity contribution in [3.63, 3.8) is 0 Å². The second kappa shape index (κ2) is 5.95. The number of ether oxygens (including phenoxy) is 1. The van der Waals surface area contributed by atoms with Crippen LogP contribution in [0.4, 0.5) is 13.2 Å². The first-order valence-electron chi connectivity index (χ1n) is 4.89. The quantitative estimate of drug-likeness (QED) is 0.480. The molecule has 0 fully saturated rings. The third-order valence-corrected chi connectivity index (χ3v) is 2.91. The highest BCUT2D eigenvalue weighted by molar-refractivity contribution is 7.98. The standard InChI is InChI=1S/C12H11F3O2S/c1-17-11(16)7-10(12(13,14)15)8-3-5-9(18-2)6-4-8/h3-7H,1-2H3/b10-7+. The lowest BCUT2D eigenvalue weighted by molar-refractivity contribution is -0.135. The van der Waals surface area contributed by atoms with Gasteiger partial charge < -0.3 is 4.74 Å². The number of rotatable bonds is 3. The molecule has 98 valence electrons. The zero-order valence-electron chi connectivity index (χ0n) is 9.75. The maximum absolute atomic E-state index is 12.8. The zero-order chi connectivity index (χ0) is 13.8. The van der Waals surface area contributed by atoms with Gasteiger partial charge in [0.1, 0.15) is 0 Å². The third-order valence-electron chi connectivity index (χ3n) is 2.17. The molecule has 0 amide bonds. The molecule has 0 radical (unpaired) electrons. The molecule has 0 aliphatic rings. The summed E-state index contributed by atoms with van der Waals surface area (Å²) in [6, 6.07) is 5.79. The van der Waals surface area contributed by atoms with Gasteiger partial charge in [-0.2, -0.15) is 13.2 Å². The van der Waals surface area contributed by atoms with Crippen LogP contribution in [-0.4, -0.2) is 25.5 Å². The van der Waals surface area contributed by atoms with Crippen molar-refractivity contribution in [1.82, 2.24) is 0 Å². The molecule has 0 saturated heterocycles. The highest BCUT2D eigenvalue weighted by Crippen LogP contribution is 2.34. The Morgan fingerprint density at radius 1 is 1.28 bits per heavy atom. The fourth-order valence-corrected chi connectivity index (χ4v) is 1.68. The summed E-state index contributed by atoms with van der Waals surface area (Å²) in [6.07, 6.45) is -2.33. The van der Waals surface area contributed by atoms with Gasteiger partial charge in [-0.25, -0.2) is 4.79 Å². The molecule has 1 aromatic rings. The van der Waals surface area contributed by atoms with Crippen molar-refractivity contribution in [1.29, 1.82) is 0 Å². The van der Waals surface area contributed by atoms with Gasteiger partial charge in [-0.1, -0.05) is 12.1 Å². The van der Waals surface area contributed by atoms with Crippen molar-refractivity contribution < 1.29 is 22.7 Å². The summed E-state index contributed by atoms with van der Waals surface area (Å²) in [5.74, 6) is -1.03. The van der Waals surface area contributed by atoms with E-state index in [-0.39, 0.29) is 5.56 Å². The van der Waals surface area contributed by atoms with Gasteiger partial charge in [0.2, 0.25) is 0 Å². The number of alkyl halides is 3. The first-order valence-corrected chi connectivity index (χ1v) is 6.12. The lowest BCUT2D eigenvalue weighted by Crippen LogP contribution is -2.13. The Balaban J connectivity index is 3.18. The van der Waals surface area contributed by atoms with E-state index < -0.39 is 17.7 Å². The average Bonchev–Trinajstić information content (AvgIpc) is 2.34. The van der Waals surface area contributed by atoms with Crippen LogP contribution in [0.1, 0.15) is 5.56 Å². The molecule has 0 aromatic heterocycles. The molecule has 0 unspecified atom stereocenters. The number of allylic oxidation sites excluding steroid dienone is 1. The minimum Gasteiger partial charge on any atom is -0.466 e. The summed E-state index contributed by atoms with van der Waals surface area (Å²) < 4.78 is 42.6. The van der Waals surface area contributed by atoms with Gasteiger partial charge in [-0.3, -0.25) is 0 Å². The van der Waals surface area contributed by atoms with Crippen LogP contribution in [0.25, 0.3) is 5.57 Å². The normalized spacial score (nSPS) is 12.4. The molecule has 2 nitrogen and oxygen atoms in total. The molecule has 0 spiro atoms. The third kappa shape index (κ3) is 3.80. The van der Waals surface area contributed by atoms with Crippen molar-refractivity contribution in [3.8, 4) is 0 Å². The Morgan fingerprint density at radius 3 is 2.22 bits per heavy atom. The Morgan fingerprint density at radius 2 is 1.83 bits per heavy atom. The molecule has 0 saturated carbocycles. The van der Waals surface area contributed by atoms with E-state index in [1.807, 2.05) is 6.26 Å². The molecule has 6 heteroatoms. The number of benzene rings is 1. The molecule has 0 aliphatic carbocycles. The number of hydrogen-bond donors (Lipinski definition) is 0. The molecule has 1 aromatic carbocycles. The predicted octanol–water partition coefficient (Wildman–Crippen LogP) is 3.53. The van der Waals surface area contributed by atoms with Crippen molar-refractivity contribution in [2.45, 2.75) is 11.1 Å². The van der Waals surface area contributed by atoms with Crippen LogP contribution in [0.5, 0.6) is 0 Å². The Bertz CT molecular complexity index is 449. The van der Waals surface area contributed by atoms with Crippen LogP contribution in [0.2, 0.25) is 0 Å². The van der Waals surface area contributed by atoms with Crippen LogP contribution in [0, 0.1) is 0 Å². The van der Waals surface area contributed by atoms with Gasteiger partial charge in [-0.05, 0) is 24.0 Å². The molecule has 0 N–H and O–H groups in total. The van der Waals surface area contributed by atoms with E-state index >= 15 is 0 Å². The molecule has 1 rings (SSSR count). The van der Waals surface area contributed by atoms with Gasteiger partial charge in [0.05, 0.1) is 12.7 Å². The smallest absolute Gasteiger partial charge is 0.417 e. The monoisotopic (exact) mass is 276 g/mol. The van der Waals surface area contributed by atoms with Crippen molar-refractivity contribution in [2.24, 2.45) is 0 Å². The minimum absolute atomic E-state index is 0.0642. The fourth-order valence-electron chi connectivity index (χ4n) is 1.28. The average molecular weight is 276 g/mol. The zero-order valence-corrected chi connectivity index (χ0v) is 10.6. The summed E-state index contributed by atoms with van der Waals surface area (Å²) in [7, 11) is 1.03. The molecule has 0 aliphatic heterocycles. The number of esters is 1. The lowest BCUT2D eigenvalue weighted by atomic mass is 10.1. The van der Waals surface area contributed by atoms with Crippen LogP contribution in [0.15, 0.2) is 35.2 Å². The van der Waals surface area contributed by atoms with Gasteiger partial charge >= 0.3 is 12.1 Å². The molecule has 18 heavy (non-hydrogen) atoms. The maximum atomic E-state index is 12.8. The summed E-state index contributed by atoms with van der Waals surface area (Å²) in [5, 5.41) is 0. The van der Waals surface area contributed by atoms with E-state index in [2.05, 4.69) is 4.74 Å². The second-order valence-electron chi connectivity index (χ2n) is 3.31. The van der Waals surface area contributed by atoms with E-state index in [0.717, 1.165) is 12.0 Å². The summed E-state index contributed by atoms with van der Waals surface area (Å²) in [4.78, 5) is 11.8. The van der Waals surface area contributed by atoms with E-state index in [1.165, 1.54) is 23.9 Å². The first-order chi connectivity index (χ1) is 8.38. The number of carbonyl (C=O) groups excluding carboxylic acids is 1. The van der Waals surface area contributed by atoms with Crippen molar-refractivity contribution in [2.75, 3.05) is 13.4 Å². The van der Waals surface area contributed by atoms with Crippen molar-refractivity contribution >= 4 is 23.3 Å². The van der Waals surface area contributed by atoms with E-state index in [9.17, 15) is 18.0 Å². The molecule has 0 atom stereocenters. The molecule has 0 bridgehead atoms. The Hall–Kier alpha value is -1.43. The lowest BCUT2D eigenvalue weighted by Gasteiger charge is -2.12. The highest BCUT2D eigenvalue weighted by atomic mass is 32.2. The van der Waals surface area contributed by atoms with Crippen LogP contribution in [0.3, 0.4) is 0 Å². The number of methoxy groups -OCH3 is 1. The molecular formula is C12H11F3O2S. The Kier molecular flexibility index (Phi) is 4.84. The largest absolute Gasteiger partial charge is 0.466 e. The summed E-state index contributed by atoms with van der Waals surface area (Å²) in [6.45, 7) is 0. The second-order valence-corrected chi connectivity index (χ2v) is 4.19. The topological polar surface area (TPSA) is 26.3 Å². The van der Waals surface area contributed by atoms with Gasteiger partial charge in [0.25, 0.3) is 0 Å². The van der Waals surface area contributed by atoms with E-state index in [1.54, 1.807) is 12.1 Å². The van der Waals surface area contributed by atoms with Crippen molar-refractivity contribution in [3.05, 3.63) is 35.9 Å². The van der Waals surface area contributed by atoms with E-state index in [4.69, 9.17) is 0 Å². The summed E-state index contributed by atoms with van der Waals surface area (Å²) >= 11 is 1.42.